The molecule has 0 saturated carbocycles. The van der Waals surface area contributed by atoms with Crippen molar-refractivity contribution < 1.29 is 9.53 Å². The monoisotopic (exact) mass is 387 g/mol. The van der Waals surface area contributed by atoms with Gasteiger partial charge in [0, 0.05) is 17.5 Å². The lowest BCUT2D eigenvalue weighted by molar-refractivity contribution is -0.140. The average Bonchev–Trinajstić information content (AvgIpc) is 3.10. The number of esters is 1. The maximum atomic E-state index is 12.7. The Morgan fingerprint density at radius 3 is 2.77 bits per heavy atom. The van der Waals surface area contributed by atoms with Gasteiger partial charge in [0.2, 0.25) is 0 Å². The summed E-state index contributed by atoms with van der Waals surface area (Å²) in [4.78, 5) is 18.1. The van der Waals surface area contributed by atoms with Gasteiger partial charge in [-0.05, 0) is 25.1 Å². The Labute approximate surface area is 162 Å². The van der Waals surface area contributed by atoms with E-state index in [0.29, 0.717) is 23.0 Å². The first kappa shape index (κ1) is 18.5. The van der Waals surface area contributed by atoms with E-state index in [1.807, 2.05) is 51.1 Å². The van der Waals surface area contributed by atoms with E-state index in [4.69, 9.17) is 17.0 Å². The van der Waals surface area contributed by atoms with Gasteiger partial charge in [-0.3, -0.25) is 0 Å². The molecular weight excluding hydrogens is 366 g/mol. The normalized spacial score (nSPS) is 17.1. The Bertz CT molecular complexity index is 843. The highest BCUT2D eigenvalue weighted by molar-refractivity contribution is 7.80. The van der Waals surface area contributed by atoms with Crippen molar-refractivity contribution >= 4 is 34.6 Å². The number of nitrogens with one attached hydrogen (secondary N) is 2. The highest BCUT2D eigenvalue weighted by Gasteiger charge is 2.32. The second-order valence-corrected chi connectivity index (χ2v) is 7.97. The van der Waals surface area contributed by atoms with Gasteiger partial charge in [0.05, 0.1) is 23.1 Å². The third-order valence-corrected chi connectivity index (χ3v) is 5.20. The quantitative estimate of drug-likeness (QED) is 0.601. The fourth-order valence-electron chi connectivity index (χ4n) is 2.63. The maximum Gasteiger partial charge on any atom is 0.338 e. The van der Waals surface area contributed by atoms with Crippen molar-refractivity contribution in [1.29, 1.82) is 0 Å². The number of carbonyl (C=O) groups is 1. The van der Waals surface area contributed by atoms with Crippen LogP contribution in [0.3, 0.4) is 0 Å². The molecule has 7 heteroatoms. The Kier molecular flexibility index (Phi) is 5.68. The molecule has 1 aromatic carbocycles. The molecule has 3 rings (SSSR count). The second-order valence-electron chi connectivity index (χ2n) is 6.50. The van der Waals surface area contributed by atoms with Crippen molar-refractivity contribution in [2.75, 3.05) is 6.61 Å². The fourth-order valence-corrected chi connectivity index (χ4v) is 3.89. The van der Waals surface area contributed by atoms with Crippen molar-refractivity contribution in [1.82, 2.24) is 15.6 Å². The van der Waals surface area contributed by atoms with Gasteiger partial charge in [0.25, 0.3) is 0 Å². The van der Waals surface area contributed by atoms with Crippen LogP contribution in [0.2, 0.25) is 0 Å². The minimum absolute atomic E-state index is 0.275. The van der Waals surface area contributed by atoms with Crippen LogP contribution in [0.5, 0.6) is 0 Å². The van der Waals surface area contributed by atoms with Crippen LogP contribution in [0.25, 0.3) is 10.6 Å². The molecule has 0 saturated heterocycles. The van der Waals surface area contributed by atoms with Gasteiger partial charge in [-0.1, -0.05) is 44.2 Å². The minimum Gasteiger partial charge on any atom is -0.462 e. The van der Waals surface area contributed by atoms with Gasteiger partial charge in [0.15, 0.2) is 5.11 Å². The summed E-state index contributed by atoms with van der Waals surface area (Å²) in [6, 6.07) is 9.60. The van der Waals surface area contributed by atoms with Crippen LogP contribution in [-0.4, -0.2) is 22.7 Å². The zero-order valence-electron chi connectivity index (χ0n) is 14.9. The standard InChI is InChI=1S/C19H21N3O2S2/c1-11(2)10-24-18(23)15-12(3)21-19(25)22-16(15)14-9-20-17(26-14)13-7-5-4-6-8-13/h4-9,11,16H,10H2,1-3H3,(H2,21,22,25)/t16-/m0/s1. The van der Waals surface area contributed by atoms with Crippen LogP contribution >= 0.6 is 23.6 Å². The molecule has 136 valence electrons. The SMILES string of the molecule is CC1=C(C(=O)OCC(C)C)[C@H](c2cnc(-c3ccccc3)s2)NC(=S)N1. The van der Waals surface area contributed by atoms with Crippen LogP contribution in [0, 0.1) is 5.92 Å². The summed E-state index contributed by atoms with van der Waals surface area (Å²) < 4.78 is 5.46. The molecule has 0 radical (unpaired) electrons. The third kappa shape index (κ3) is 4.11. The number of carbonyl (C=O) groups excluding carboxylic acids is 1. The molecule has 1 atom stereocenters. The first-order valence-corrected chi connectivity index (χ1v) is 9.64. The minimum atomic E-state index is -0.363. The third-order valence-electron chi connectivity index (χ3n) is 3.87. The number of hydrogen-bond donors (Lipinski definition) is 2. The van der Waals surface area contributed by atoms with E-state index in [0.717, 1.165) is 15.4 Å². The number of benzene rings is 1. The molecule has 0 bridgehead atoms. The van der Waals surface area contributed by atoms with Crippen LogP contribution in [0.1, 0.15) is 31.7 Å². The van der Waals surface area contributed by atoms with E-state index in [2.05, 4.69) is 15.6 Å². The van der Waals surface area contributed by atoms with E-state index in [1.54, 1.807) is 6.20 Å². The number of thiazole rings is 1. The number of allylic oxidation sites excluding steroid dienone is 1. The van der Waals surface area contributed by atoms with Gasteiger partial charge in [-0.15, -0.1) is 11.3 Å². The predicted molar refractivity (Wildman–Crippen MR) is 108 cm³/mol. The topological polar surface area (TPSA) is 63.2 Å². The van der Waals surface area contributed by atoms with Crippen molar-refractivity contribution in [3.05, 3.63) is 52.7 Å². The Morgan fingerprint density at radius 2 is 2.08 bits per heavy atom. The van der Waals surface area contributed by atoms with Crippen LogP contribution in [-0.2, 0) is 9.53 Å². The summed E-state index contributed by atoms with van der Waals surface area (Å²) in [6.45, 7) is 6.23. The van der Waals surface area contributed by atoms with E-state index in [-0.39, 0.29) is 17.9 Å². The lowest BCUT2D eigenvalue weighted by Crippen LogP contribution is -2.45. The van der Waals surface area contributed by atoms with E-state index < -0.39 is 0 Å². The Balaban J connectivity index is 1.91. The smallest absolute Gasteiger partial charge is 0.338 e. The number of aromatic nitrogens is 1. The maximum absolute atomic E-state index is 12.7. The number of thiocarbonyl (C=S) groups is 1. The van der Waals surface area contributed by atoms with Gasteiger partial charge in [-0.25, -0.2) is 9.78 Å². The summed E-state index contributed by atoms with van der Waals surface area (Å²) in [6.07, 6.45) is 1.79. The summed E-state index contributed by atoms with van der Waals surface area (Å²) in [5.74, 6) is -0.0599. The molecule has 1 aliphatic heterocycles. The molecule has 0 amide bonds. The summed E-state index contributed by atoms with van der Waals surface area (Å²) in [5.41, 5.74) is 2.30. The molecule has 0 unspecified atom stereocenters. The number of ether oxygens (including phenoxy) is 1. The number of rotatable bonds is 5. The summed E-state index contributed by atoms with van der Waals surface area (Å²) >= 11 is 6.82. The summed E-state index contributed by atoms with van der Waals surface area (Å²) in [5, 5.41) is 7.59. The van der Waals surface area contributed by atoms with Gasteiger partial charge >= 0.3 is 5.97 Å². The van der Waals surface area contributed by atoms with E-state index in [1.165, 1.54) is 11.3 Å². The number of hydrogen-bond acceptors (Lipinski definition) is 5. The zero-order valence-corrected chi connectivity index (χ0v) is 16.5. The molecule has 0 spiro atoms. The van der Waals surface area contributed by atoms with E-state index >= 15 is 0 Å². The first-order valence-electron chi connectivity index (χ1n) is 8.42. The van der Waals surface area contributed by atoms with Crippen molar-refractivity contribution in [3.8, 4) is 10.6 Å². The molecule has 5 nitrogen and oxygen atoms in total. The molecule has 26 heavy (non-hydrogen) atoms. The van der Waals surface area contributed by atoms with Crippen LogP contribution in [0.4, 0.5) is 0 Å². The highest BCUT2D eigenvalue weighted by Crippen LogP contribution is 2.34. The first-order chi connectivity index (χ1) is 12.5. The molecule has 1 aromatic heterocycles. The molecule has 1 aliphatic rings. The molecule has 2 N–H and O–H groups in total. The van der Waals surface area contributed by atoms with Gasteiger partial charge < -0.3 is 15.4 Å². The average molecular weight is 388 g/mol. The second kappa shape index (κ2) is 7.97. The Morgan fingerprint density at radius 1 is 1.35 bits per heavy atom. The lowest BCUT2D eigenvalue weighted by Gasteiger charge is -2.28. The molecule has 2 heterocycles. The van der Waals surface area contributed by atoms with Gasteiger partial charge in [-0.2, -0.15) is 0 Å². The van der Waals surface area contributed by atoms with Crippen molar-refractivity contribution in [2.45, 2.75) is 26.8 Å². The number of nitrogens with zero attached hydrogens (tertiary/aromatic N) is 1. The fraction of sp³-hybridized carbons (Fsp3) is 0.316. The van der Waals surface area contributed by atoms with Crippen molar-refractivity contribution in [3.63, 3.8) is 0 Å². The summed E-state index contributed by atoms with van der Waals surface area (Å²) in [7, 11) is 0. The molecule has 2 aromatic rings. The predicted octanol–water partition coefficient (Wildman–Crippen LogP) is 3.80. The largest absolute Gasteiger partial charge is 0.462 e. The van der Waals surface area contributed by atoms with E-state index in [9.17, 15) is 4.79 Å². The molecule has 0 fully saturated rings. The Hall–Kier alpha value is -2.25. The van der Waals surface area contributed by atoms with Crippen molar-refractivity contribution in [2.24, 2.45) is 5.92 Å². The van der Waals surface area contributed by atoms with Gasteiger partial charge in [0.1, 0.15) is 5.01 Å². The molecular formula is C19H21N3O2S2. The lowest BCUT2D eigenvalue weighted by atomic mass is 10.0. The van der Waals surface area contributed by atoms with Crippen LogP contribution in [0.15, 0.2) is 47.8 Å². The zero-order chi connectivity index (χ0) is 18.7. The molecule has 0 aliphatic carbocycles. The highest BCUT2D eigenvalue weighted by atomic mass is 32.1. The van der Waals surface area contributed by atoms with Crippen LogP contribution < -0.4 is 10.6 Å².